The maximum absolute atomic E-state index is 11.4. The highest BCUT2D eigenvalue weighted by atomic mass is 35.5. The standard InChI is InChI=1S/C9H11ClN4O3/c1-4(10)8-12-13-9(17-8)14-3-6(15)11-7(16)5(14)2/h4-5H,3H2,1-2H3,(H,11,15,16). The van der Waals surface area contributed by atoms with Crippen molar-refractivity contribution < 1.29 is 14.0 Å². The fourth-order valence-electron chi connectivity index (χ4n) is 1.45. The molecule has 1 aliphatic heterocycles. The molecular weight excluding hydrogens is 248 g/mol. The van der Waals surface area contributed by atoms with E-state index in [-0.39, 0.29) is 24.4 Å². The van der Waals surface area contributed by atoms with Crippen LogP contribution in [0.1, 0.15) is 25.1 Å². The summed E-state index contributed by atoms with van der Waals surface area (Å²) in [5, 5.41) is 9.32. The highest BCUT2D eigenvalue weighted by Crippen LogP contribution is 2.23. The van der Waals surface area contributed by atoms with Gasteiger partial charge in [-0.3, -0.25) is 14.9 Å². The Hall–Kier alpha value is -1.63. The maximum Gasteiger partial charge on any atom is 0.319 e. The first-order valence-corrected chi connectivity index (χ1v) is 5.50. The van der Waals surface area contributed by atoms with E-state index in [1.165, 1.54) is 4.90 Å². The molecule has 0 aromatic carbocycles. The number of nitrogens with one attached hydrogen (secondary N) is 1. The number of anilines is 1. The lowest BCUT2D eigenvalue weighted by Crippen LogP contribution is -2.57. The van der Waals surface area contributed by atoms with Crippen LogP contribution < -0.4 is 10.2 Å². The van der Waals surface area contributed by atoms with Gasteiger partial charge in [-0.2, -0.15) is 0 Å². The summed E-state index contributed by atoms with van der Waals surface area (Å²) in [6.07, 6.45) is 0. The van der Waals surface area contributed by atoms with Crippen molar-refractivity contribution >= 4 is 29.4 Å². The van der Waals surface area contributed by atoms with Gasteiger partial charge < -0.3 is 9.32 Å². The molecule has 2 rings (SSSR count). The molecule has 2 heterocycles. The van der Waals surface area contributed by atoms with Crippen molar-refractivity contribution in [2.24, 2.45) is 0 Å². The summed E-state index contributed by atoms with van der Waals surface area (Å²) in [5.41, 5.74) is 0. The maximum atomic E-state index is 11.4. The Morgan fingerprint density at radius 1 is 1.53 bits per heavy atom. The lowest BCUT2D eigenvalue weighted by Gasteiger charge is -2.29. The Bertz CT molecular complexity index is 459. The molecular formula is C9H11ClN4O3. The number of nitrogens with zero attached hydrogens (tertiary/aromatic N) is 3. The molecule has 0 spiro atoms. The van der Waals surface area contributed by atoms with E-state index in [9.17, 15) is 9.59 Å². The number of imide groups is 1. The van der Waals surface area contributed by atoms with Gasteiger partial charge in [0.2, 0.25) is 17.7 Å². The lowest BCUT2D eigenvalue weighted by molar-refractivity contribution is -0.132. The Kier molecular flexibility index (Phi) is 3.01. The van der Waals surface area contributed by atoms with Crippen LogP contribution in [0.2, 0.25) is 0 Å². The number of halogens is 1. The van der Waals surface area contributed by atoms with Gasteiger partial charge in [0.25, 0.3) is 0 Å². The van der Waals surface area contributed by atoms with E-state index in [2.05, 4.69) is 15.5 Å². The molecule has 1 N–H and O–H groups in total. The van der Waals surface area contributed by atoms with Crippen LogP contribution in [0.4, 0.5) is 6.01 Å². The van der Waals surface area contributed by atoms with Gasteiger partial charge >= 0.3 is 6.01 Å². The van der Waals surface area contributed by atoms with Crippen molar-refractivity contribution in [3.8, 4) is 0 Å². The molecule has 1 aliphatic rings. The third kappa shape index (κ3) is 2.23. The molecule has 92 valence electrons. The molecule has 2 amide bonds. The second kappa shape index (κ2) is 4.33. The van der Waals surface area contributed by atoms with E-state index in [0.29, 0.717) is 0 Å². The Morgan fingerprint density at radius 2 is 2.24 bits per heavy atom. The molecule has 8 heteroatoms. The monoisotopic (exact) mass is 258 g/mol. The third-order valence-electron chi connectivity index (χ3n) is 2.44. The van der Waals surface area contributed by atoms with Gasteiger partial charge in [-0.25, -0.2) is 0 Å². The number of carbonyl (C=O) groups excluding carboxylic acids is 2. The molecule has 0 aliphatic carbocycles. The third-order valence-corrected chi connectivity index (χ3v) is 2.63. The molecule has 17 heavy (non-hydrogen) atoms. The van der Waals surface area contributed by atoms with Crippen molar-refractivity contribution in [1.29, 1.82) is 0 Å². The summed E-state index contributed by atoms with van der Waals surface area (Å²) < 4.78 is 5.29. The summed E-state index contributed by atoms with van der Waals surface area (Å²) in [7, 11) is 0. The minimum Gasteiger partial charge on any atom is -0.406 e. The van der Waals surface area contributed by atoms with Crippen LogP contribution in [-0.4, -0.2) is 34.6 Å². The van der Waals surface area contributed by atoms with E-state index in [0.717, 1.165) is 0 Å². The zero-order valence-electron chi connectivity index (χ0n) is 9.31. The van der Waals surface area contributed by atoms with Gasteiger partial charge in [0.15, 0.2) is 0 Å². The summed E-state index contributed by atoms with van der Waals surface area (Å²) in [4.78, 5) is 24.1. The average Bonchev–Trinajstić information content (AvgIpc) is 2.72. The van der Waals surface area contributed by atoms with Crippen molar-refractivity contribution in [3.63, 3.8) is 0 Å². The predicted octanol–water partition coefficient (Wildman–Crippen LogP) is 0.221. The fraction of sp³-hybridized carbons (Fsp3) is 0.556. The molecule has 0 bridgehead atoms. The zero-order chi connectivity index (χ0) is 12.6. The molecule has 2 unspecified atom stereocenters. The Balaban J connectivity index is 2.25. The van der Waals surface area contributed by atoms with E-state index >= 15 is 0 Å². The molecule has 2 atom stereocenters. The quantitative estimate of drug-likeness (QED) is 0.603. The fourth-order valence-corrected chi connectivity index (χ4v) is 1.54. The number of alkyl halides is 1. The van der Waals surface area contributed by atoms with Gasteiger partial charge in [-0.1, -0.05) is 5.10 Å². The first-order valence-electron chi connectivity index (χ1n) is 5.07. The van der Waals surface area contributed by atoms with Crippen LogP contribution in [0, 0.1) is 0 Å². The van der Waals surface area contributed by atoms with Crippen molar-refractivity contribution in [2.45, 2.75) is 25.3 Å². The van der Waals surface area contributed by atoms with Crippen molar-refractivity contribution in [3.05, 3.63) is 5.89 Å². The molecule has 0 saturated carbocycles. The first kappa shape index (κ1) is 11.8. The normalized spacial score (nSPS) is 22.5. The first-order chi connectivity index (χ1) is 7.99. The van der Waals surface area contributed by atoms with E-state index in [1.807, 2.05) is 0 Å². The summed E-state index contributed by atoms with van der Waals surface area (Å²) in [6.45, 7) is 3.34. The van der Waals surface area contributed by atoms with Gasteiger partial charge in [-0.05, 0) is 13.8 Å². The number of hydrogen-bond acceptors (Lipinski definition) is 6. The Morgan fingerprint density at radius 3 is 2.82 bits per heavy atom. The highest BCUT2D eigenvalue weighted by Gasteiger charge is 2.33. The Labute approximate surface area is 102 Å². The van der Waals surface area contributed by atoms with Crippen molar-refractivity contribution in [1.82, 2.24) is 15.5 Å². The van der Waals surface area contributed by atoms with Crippen LogP contribution in [0.3, 0.4) is 0 Å². The second-order valence-electron chi connectivity index (χ2n) is 3.76. The summed E-state index contributed by atoms with van der Waals surface area (Å²) >= 11 is 5.79. The molecule has 1 saturated heterocycles. The largest absolute Gasteiger partial charge is 0.406 e. The molecule has 7 nitrogen and oxygen atoms in total. The van der Waals surface area contributed by atoms with Crippen LogP contribution in [-0.2, 0) is 9.59 Å². The van der Waals surface area contributed by atoms with E-state index in [4.69, 9.17) is 16.0 Å². The zero-order valence-corrected chi connectivity index (χ0v) is 10.1. The summed E-state index contributed by atoms with van der Waals surface area (Å²) in [5.74, 6) is -0.529. The van der Waals surface area contributed by atoms with Crippen LogP contribution in [0.5, 0.6) is 0 Å². The minimum absolute atomic E-state index is 0.00517. The van der Waals surface area contributed by atoms with Crippen LogP contribution in [0.25, 0.3) is 0 Å². The number of amides is 2. The molecule has 0 radical (unpaired) electrons. The smallest absolute Gasteiger partial charge is 0.319 e. The van der Waals surface area contributed by atoms with Crippen LogP contribution in [0.15, 0.2) is 4.42 Å². The number of aromatic nitrogens is 2. The second-order valence-corrected chi connectivity index (χ2v) is 4.41. The average molecular weight is 259 g/mol. The SMILES string of the molecule is CC(Cl)c1nnc(N2CC(=O)NC(=O)C2C)o1. The summed E-state index contributed by atoms with van der Waals surface area (Å²) in [6, 6.07) is -0.408. The molecule has 1 aromatic heterocycles. The number of hydrogen-bond donors (Lipinski definition) is 1. The lowest BCUT2D eigenvalue weighted by atomic mass is 10.2. The van der Waals surface area contributed by atoms with Crippen LogP contribution >= 0.6 is 11.6 Å². The van der Waals surface area contributed by atoms with E-state index < -0.39 is 17.3 Å². The van der Waals surface area contributed by atoms with Gasteiger partial charge in [0.1, 0.15) is 18.0 Å². The predicted molar refractivity (Wildman–Crippen MR) is 58.5 cm³/mol. The minimum atomic E-state index is -0.536. The van der Waals surface area contributed by atoms with Gasteiger partial charge in [0, 0.05) is 0 Å². The number of rotatable bonds is 2. The molecule has 1 aromatic rings. The van der Waals surface area contributed by atoms with Gasteiger partial charge in [-0.15, -0.1) is 16.7 Å². The van der Waals surface area contributed by atoms with Crippen molar-refractivity contribution in [2.75, 3.05) is 11.4 Å². The number of piperazine rings is 1. The van der Waals surface area contributed by atoms with E-state index in [1.54, 1.807) is 13.8 Å². The van der Waals surface area contributed by atoms with Gasteiger partial charge in [0.05, 0.1) is 0 Å². The topological polar surface area (TPSA) is 88.3 Å². The highest BCUT2D eigenvalue weighted by molar-refractivity contribution is 6.20. The molecule has 1 fully saturated rings. The number of carbonyl (C=O) groups is 2.